The first kappa shape index (κ1) is 15.2. The fourth-order valence-corrected chi connectivity index (χ4v) is 2.84. The van der Waals surface area contributed by atoms with Gasteiger partial charge in [0.2, 0.25) is 0 Å². The summed E-state index contributed by atoms with van der Waals surface area (Å²) in [7, 11) is 0. The smallest absolute Gasteiger partial charge is 0.254 e. The van der Waals surface area contributed by atoms with Gasteiger partial charge < -0.3 is 19.9 Å². The monoisotopic (exact) mass is 305 g/mol. The van der Waals surface area contributed by atoms with Gasteiger partial charge in [0.05, 0.1) is 0 Å². The van der Waals surface area contributed by atoms with Gasteiger partial charge in [0.1, 0.15) is 6.10 Å². The molecule has 2 aliphatic rings. The third kappa shape index (κ3) is 3.53. The summed E-state index contributed by atoms with van der Waals surface area (Å²) < 4.78 is 5.35. The Morgan fingerprint density at radius 2 is 2.14 bits per heavy atom. The van der Waals surface area contributed by atoms with E-state index in [1.165, 1.54) is 0 Å². The van der Waals surface area contributed by atoms with Crippen LogP contribution in [0.15, 0.2) is 12.1 Å². The molecule has 1 unspecified atom stereocenters. The van der Waals surface area contributed by atoms with E-state index in [9.17, 15) is 4.79 Å². The number of carbonyl (C=O) groups excluding carboxylic acids is 1. The van der Waals surface area contributed by atoms with Crippen LogP contribution in [0.3, 0.4) is 0 Å². The molecule has 1 aromatic rings. The third-order valence-electron chi connectivity index (χ3n) is 4.27. The largest absolute Gasteiger partial charge is 0.368 e. The van der Waals surface area contributed by atoms with Gasteiger partial charge in [0.15, 0.2) is 11.6 Å². The lowest BCUT2D eigenvalue weighted by molar-refractivity contribution is -0.124. The van der Waals surface area contributed by atoms with Crippen LogP contribution in [-0.4, -0.2) is 66.4 Å². The first-order valence-corrected chi connectivity index (χ1v) is 8.00. The van der Waals surface area contributed by atoms with E-state index in [0.717, 1.165) is 51.4 Å². The normalized spacial score (nSPS) is 22.8. The van der Waals surface area contributed by atoms with Crippen molar-refractivity contribution >= 4 is 17.5 Å². The second kappa shape index (κ2) is 7.02. The lowest BCUT2D eigenvalue weighted by Gasteiger charge is -2.34. The summed E-state index contributed by atoms with van der Waals surface area (Å²) in [5, 5.41) is 11.1. The van der Waals surface area contributed by atoms with Gasteiger partial charge in [-0.3, -0.25) is 4.79 Å². The highest BCUT2D eigenvalue weighted by atomic mass is 16.5. The molecule has 120 valence electrons. The number of amides is 1. The van der Waals surface area contributed by atoms with Crippen LogP contribution in [0.1, 0.15) is 19.8 Å². The summed E-state index contributed by atoms with van der Waals surface area (Å²) >= 11 is 0. The van der Waals surface area contributed by atoms with E-state index >= 15 is 0 Å². The molecule has 7 nitrogen and oxygen atoms in total. The van der Waals surface area contributed by atoms with Crippen LogP contribution in [0.5, 0.6) is 0 Å². The third-order valence-corrected chi connectivity index (χ3v) is 4.27. The molecule has 0 bridgehead atoms. The topological polar surface area (TPSA) is 70.6 Å². The number of nitrogens with zero attached hydrogens (tertiary/aromatic N) is 4. The van der Waals surface area contributed by atoms with E-state index in [2.05, 4.69) is 32.2 Å². The Bertz CT molecular complexity index is 493. The zero-order valence-corrected chi connectivity index (χ0v) is 13.0. The molecular weight excluding hydrogens is 282 g/mol. The number of ether oxygens (including phenoxy) is 1. The number of aromatic nitrogens is 2. The van der Waals surface area contributed by atoms with E-state index in [0.29, 0.717) is 12.4 Å². The molecule has 0 aromatic carbocycles. The van der Waals surface area contributed by atoms with Crippen LogP contribution in [0, 0.1) is 0 Å². The van der Waals surface area contributed by atoms with Gasteiger partial charge in [-0.05, 0) is 31.5 Å². The van der Waals surface area contributed by atoms with E-state index in [1.54, 1.807) is 6.07 Å². The van der Waals surface area contributed by atoms with Gasteiger partial charge in [-0.25, -0.2) is 0 Å². The summed E-state index contributed by atoms with van der Waals surface area (Å²) in [5.41, 5.74) is 0. The minimum Gasteiger partial charge on any atom is -0.368 e. The molecule has 2 saturated heterocycles. The lowest BCUT2D eigenvalue weighted by atomic mass is 10.2. The molecule has 3 rings (SSSR count). The minimum atomic E-state index is -0.344. The molecule has 0 aliphatic carbocycles. The number of piperazine rings is 1. The Kier molecular flexibility index (Phi) is 4.84. The highest BCUT2D eigenvalue weighted by Gasteiger charge is 2.24. The number of hydrogen-bond acceptors (Lipinski definition) is 6. The number of likely N-dealkylation sites (N-methyl/N-ethyl adjacent to an activating group) is 1. The number of nitrogens with one attached hydrogen (secondary N) is 1. The summed E-state index contributed by atoms with van der Waals surface area (Å²) in [5.74, 6) is 1.22. The second-order valence-corrected chi connectivity index (χ2v) is 5.69. The van der Waals surface area contributed by atoms with Gasteiger partial charge in [0, 0.05) is 32.8 Å². The van der Waals surface area contributed by atoms with Gasteiger partial charge in [0.25, 0.3) is 5.91 Å². The lowest BCUT2D eigenvalue weighted by Crippen LogP contribution is -2.46. The molecule has 1 aromatic heterocycles. The van der Waals surface area contributed by atoms with E-state index in [4.69, 9.17) is 4.74 Å². The van der Waals surface area contributed by atoms with Crippen molar-refractivity contribution in [2.75, 3.05) is 49.5 Å². The van der Waals surface area contributed by atoms with Crippen molar-refractivity contribution in [2.45, 2.75) is 25.9 Å². The maximum Gasteiger partial charge on any atom is 0.254 e. The molecule has 1 atom stereocenters. The minimum absolute atomic E-state index is 0.129. The molecule has 2 fully saturated rings. The van der Waals surface area contributed by atoms with Gasteiger partial charge >= 0.3 is 0 Å². The number of rotatable bonds is 4. The van der Waals surface area contributed by atoms with Gasteiger partial charge in [-0.2, -0.15) is 0 Å². The molecule has 0 spiro atoms. The van der Waals surface area contributed by atoms with E-state index < -0.39 is 0 Å². The van der Waals surface area contributed by atoms with Gasteiger partial charge in [-0.1, -0.05) is 6.92 Å². The van der Waals surface area contributed by atoms with Crippen LogP contribution in [0.25, 0.3) is 0 Å². The summed E-state index contributed by atoms with van der Waals surface area (Å²) in [4.78, 5) is 16.6. The van der Waals surface area contributed by atoms with Crippen molar-refractivity contribution in [2.24, 2.45) is 0 Å². The Balaban J connectivity index is 1.55. The predicted molar refractivity (Wildman–Crippen MR) is 84.0 cm³/mol. The molecule has 1 N–H and O–H groups in total. The quantitative estimate of drug-likeness (QED) is 0.884. The second-order valence-electron chi connectivity index (χ2n) is 5.69. The standard InChI is InChI=1S/C15H23N5O2/c1-2-19-7-9-20(10-8-19)14-6-5-13(17-18-14)16-15(21)12-4-3-11-22-12/h5-6,12H,2-4,7-11H2,1H3,(H,16,17,21). The Morgan fingerprint density at radius 3 is 2.73 bits per heavy atom. The van der Waals surface area contributed by atoms with Crippen LogP contribution in [0.2, 0.25) is 0 Å². The van der Waals surface area contributed by atoms with Crippen LogP contribution in [-0.2, 0) is 9.53 Å². The average molecular weight is 305 g/mol. The fraction of sp³-hybridized carbons (Fsp3) is 0.667. The van der Waals surface area contributed by atoms with Crippen molar-refractivity contribution in [3.05, 3.63) is 12.1 Å². The highest BCUT2D eigenvalue weighted by Crippen LogP contribution is 2.16. The molecule has 1 amide bonds. The van der Waals surface area contributed by atoms with Gasteiger partial charge in [-0.15, -0.1) is 10.2 Å². The number of hydrogen-bond donors (Lipinski definition) is 1. The molecule has 7 heteroatoms. The Labute approximate surface area is 130 Å². The fourth-order valence-electron chi connectivity index (χ4n) is 2.84. The van der Waals surface area contributed by atoms with Crippen molar-refractivity contribution < 1.29 is 9.53 Å². The maximum absolute atomic E-state index is 12.0. The highest BCUT2D eigenvalue weighted by molar-refractivity contribution is 5.93. The zero-order chi connectivity index (χ0) is 15.4. The van der Waals surface area contributed by atoms with Crippen LogP contribution in [0.4, 0.5) is 11.6 Å². The maximum atomic E-state index is 12.0. The predicted octanol–water partition coefficient (Wildman–Crippen LogP) is 0.736. The van der Waals surface area contributed by atoms with Crippen molar-refractivity contribution in [3.63, 3.8) is 0 Å². The number of carbonyl (C=O) groups is 1. The van der Waals surface area contributed by atoms with E-state index in [-0.39, 0.29) is 12.0 Å². The van der Waals surface area contributed by atoms with Crippen LogP contribution < -0.4 is 10.2 Å². The van der Waals surface area contributed by atoms with Crippen molar-refractivity contribution in [1.29, 1.82) is 0 Å². The molecule has 3 heterocycles. The first-order chi connectivity index (χ1) is 10.8. The Morgan fingerprint density at radius 1 is 1.32 bits per heavy atom. The average Bonchev–Trinajstić information content (AvgIpc) is 3.10. The molecule has 2 aliphatic heterocycles. The van der Waals surface area contributed by atoms with Crippen LogP contribution >= 0.6 is 0 Å². The van der Waals surface area contributed by atoms with Crippen molar-refractivity contribution in [3.8, 4) is 0 Å². The first-order valence-electron chi connectivity index (χ1n) is 8.00. The SMILES string of the molecule is CCN1CCN(c2ccc(NC(=O)C3CCCO3)nn2)CC1. The Hall–Kier alpha value is -1.73. The summed E-state index contributed by atoms with van der Waals surface area (Å²) in [6.45, 7) is 7.96. The summed E-state index contributed by atoms with van der Waals surface area (Å²) in [6.07, 6.45) is 1.37. The molecule has 0 radical (unpaired) electrons. The zero-order valence-electron chi connectivity index (χ0n) is 13.0. The molecule has 22 heavy (non-hydrogen) atoms. The van der Waals surface area contributed by atoms with Crippen molar-refractivity contribution in [1.82, 2.24) is 15.1 Å². The molecular formula is C15H23N5O2. The van der Waals surface area contributed by atoms with E-state index in [1.807, 2.05) is 6.07 Å². The summed E-state index contributed by atoms with van der Waals surface area (Å²) in [6, 6.07) is 3.72. The molecule has 0 saturated carbocycles. The number of anilines is 2.